The van der Waals surface area contributed by atoms with Crippen molar-refractivity contribution < 1.29 is 4.79 Å². The Morgan fingerprint density at radius 1 is 1.50 bits per heavy atom. The highest BCUT2D eigenvalue weighted by molar-refractivity contribution is 5.97. The molecule has 1 aromatic carbocycles. The van der Waals surface area contributed by atoms with E-state index in [0.717, 1.165) is 18.5 Å². The van der Waals surface area contributed by atoms with E-state index in [2.05, 4.69) is 30.6 Å². The molecule has 20 heavy (non-hydrogen) atoms. The molecule has 0 aromatic heterocycles. The maximum Gasteiger partial charge on any atom is 0.232 e. The molecule has 4 heteroatoms. The third-order valence-corrected chi connectivity index (χ3v) is 4.38. The fourth-order valence-electron chi connectivity index (χ4n) is 2.83. The molecular formula is C16H21N3O. The van der Waals surface area contributed by atoms with Crippen LogP contribution in [0.1, 0.15) is 31.4 Å². The maximum atomic E-state index is 12.7. The van der Waals surface area contributed by atoms with E-state index in [4.69, 9.17) is 0 Å². The summed E-state index contributed by atoms with van der Waals surface area (Å²) in [6, 6.07) is 7.70. The van der Waals surface area contributed by atoms with Gasteiger partial charge in [0.1, 0.15) is 6.07 Å². The smallest absolute Gasteiger partial charge is 0.232 e. The fourth-order valence-corrected chi connectivity index (χ4v) is 2.83. The number of amides is 1. The van der Waals surface area contributed by atoms with Gasteiger partial charge >= 0.3 is 0 Å². The number of aryl methyl sites for hydroxylation is 1. The molecule has 1 heterocycles. The number of benzene rings is 1. The van der Waals surface area contributed by atoms with Gasteiger partial charge < -0.3 is 10.6 Å². The highest BCUT2D eigenvalue weighted by Gasteiger charge is 2.44. The minimum Gasteiger partial charge on any atom is -0.324 e. The van der Waals surface area contributed by atoms with Crippen molar-refractivity contribution in [2.75, 3.05) is 18.4 Å². The van der Waals surface area contributed by atoms with Crippen molar-refractivity contribution >= 4 is 11.6 Å². The van der Waals surface area contributed by atoms with Crippen molar-refractivity contribution in [2.24, 2.45) is 11.3 Å². The molecule has 1 amide bonds. The highest BCUT2D eigenvalue weighted by atomic mass is 16.2. The predicted octanol–water partition coefficient (Wildman–Crippen LogP) is 2.44. The molecule has 106 valence electrons. The lowest BCUT2D eigenvalue weighted by atomic mass is 9.75. The largest absolute Gasteiger partial charge is 0.324 e. The number of carbonyl (C=O) groups is 1. The molecule has 1 aliphatic heterocycles. The fraction of sp³-hybridized carbons (Fsp3) is 0.500. The maximum absolute atomic E-state index is 12.7. The van der Waals surface area contributed by atoms with Crippen LogP contribution in [0.4, 0.5) is 5.69 Å². The van der Waals surface area contributed by atoms with E-state index in [-0.39, 0.29) is 17.2 Å². The normalized spacial score (nSPS) is 21.8. The van der Waals surface area contributed by atoms with Crippen LogP contribution in [0.15, 0.2) is 18.2 Å². The molecule has 1 fully saturated rings. The Morgan fingerprint density at radius 2 is 2.25 bits per heavy atom. The summed E-state index contributed by atoms with van der Waals surface area (Å²) in [5.74, 6) is 0.271. The summed E-state index contributed by atoms with van der Waals surface area (Å²) >= 11 is 0. The topological polar surface area (TPSA) is 64.9 Å². The zero-order valence-electron chi connectivity index (χ0n) is 12.3. The van der Waals surface area contributed by atoms with Crippen molar-refractivity contribution in [2.45, 2.75) is 27.2 Å². The van der Waals surface area contributed by atoms with Gasteiger partial charge in [-0.3, -0.25) is 4.79 Å². The van der Waals surface area contributed by atoms with Gasteiger partial charge in [-0.15, -0.1) is 0 Å². The summed E-state index contributed by atoms with van der Waals surface area (Å²) in [4.78, 5) is 12.7. The number of nitrogens with zero attached hydrogens (tertiary/aromatic N) is 1. The summed E-state index contributed by atoms with van der Waals surface area (Å²) < 4.78 is 0. The third kappa shape index (κ3) is 2.41. The van der Waals surface area contributed by atoms with Crippen LogP contribution in [0.25, 0.3) is 0 Å². The van der Waals surface area contributed by atoms with Gasteiger partial charge in [-0.1, -0.05) is 26.0 Å². The molecule has 0 bridgehead atoms. The molecular weight excluding hydrogens is 250 g/mol. The van der Waals surface area contributed by atoms with Gasteiger partial charge in [0, 0.05) is 6.54 Å². The van der Waals surface area contributed by atoms with Crippen LogP contribution in [-0.4, -0.2) is 19.0 Å². The van der Waals surface area contributed by atoms with Crippen molar-refractivity contribution in [1.29, 1.82) is 5.26 Å². The summed E-state index contributed by atoms with van der Waals surface area (Å²) in [5.41, 5.74) is 1.67. The van der Waals surface area contributed by atoms with Gasteiger partial charge in [0.05, 0.1) is 16.7 Å². The lowest BCUT2D eigenvalue weighted by Gasteiger charge is -2.31. The van der Waals surface area contributed by atoms with Gasteiger partial charge in [-0.2, -0.15) is 5.26 Å². The first kappa shape index (κ1) is 14.5. The molecule has 1 atom stereocenters. The van der Waals surface area contributed by atoms with Crippen LogP contribution >= 0.6 is 0 Å². The standard InChI is InChI=1S/C16H21N3O/c1-11(2)16(7-8-18-10-16)15(20)19-14-6-4-5-12(3)13(14)9-17/h4-6,11,18H,7-8,10H2,1-3H3,(H,19,20). The Morgan fingerprint density at radius 3 is 2.80 bits per heavy atom. The van der Waals surface area contributed by atoms with Gasteiger partial charge in [0.25, 0.3) is 0 Å². The molecule has 2 N–H and O–H groups in total. The number of carbonyl (C=O) groups excluding carboxylic acids is 1. The zero-order valence-corrected chi connectivity index (χ0v) is 12.3. The van der Waals surface area contributed by atoms with E-state index in [9.17, 15) is 10.1 Å². The summed E-state index contributed by atoms with van der Waals surface area (Å²) in [7, 11) is 0. The molecule has 0 spiro atoms. The van der Waals surface area contributed by atoms with E-state index in [1.165, 1.54) is 0 Å². The van der Waals surface area contributed by atoms with Crippen molar-refractivity contribution in [3.8, 4) is 6.07 Å². The number of anilines is 1. The van der Waals surface area contributed by atoms with E-state index in [0.29, 0.717) is 17.8 Å². The van der Waals surface area contributed by atoms with Gasteiger partial charge in [0.15, 0.2) is 0 Å². The molecule has 1 saturated heterocycles. The molecule has 0 aliphatic carbocycles. The first-order valence-electron chi connectivity index (χ1n) is 7.03. The van der Waals surface area contributed by atoms with Crippen molar-refractivity contribution in [1.82, 2.24) is 5.32 Å². The molecule has 0 radical (unpaired) electrons. The summed E-state index contributed by atoms with van der Waals surface area (Å²) in [5, 5.41) is 15.5. The molecule has 1 aromatic rings. The molecule has 4 nitrogen and oxygen atoms in total. The second-order valence-corrected chi connectivity index (χ2v) is 5.80. The average molecular weight is 271 g/mol. The Hall–Kier alpha value is -1.86. The lowest BCUT2D eigenvalue weighted by molar-refractivity contribution is -0.126. The van der Waals surface area contributed by atoms with E-state index in [1.807, 2.05) is 19.1 Å². The number of nitriles is 1. The van der Waals surface area contributed by atoms with Crippen molar-refractivity contribution in [3.63, 3.8) is 0 Å². The van der Waals surface area contributed by atoms with Crippen LogP contribution in [0.2, 0.25) is 0 Å². The van der Waals surface area contributed by atoms with Crippen LogP contribution < -0.4 is 10.6 Å². The average Bonchev–Trinajstić information content (AvgIpc) is 2.89. The zero-order chi connectivity index (χ0) is 14.8. The van der Waals surface area contributed by atoms with Crippen LogP contribution in [0.5, 0.6) is 0 Å². The Balaban J connectivity index is 2.28. The molecule has 1 unspecified atom stereocenters. The van der Waals surface area contributed by atoms with Gasteiger partial charge in [0.2, 0.25) is 5.91 Å². The number of hydrogen-bond acceptors (Lipinski definition) is 3. The second kappa shape index (κ2) is 5.64. The van der Waals surface area contributed by atoms with Crippen LogP contribution in [-0.2, 0) is 4.79 Å². The quantitative estimate of drug-likeness (QED) is 0.887. The van der Waals surface area contributed by atoms with Gasteiger partial charge in [-0.25, -0.2) is 0 Å². The first-order valence-corrected chi connectivity index (χ1v) is 7.03. The molecule has 0 saturated carbocycles. The van der Waals surface area contributed by atoms with Crippen LogP contribution in [0.3, 0.4) is 0 Å². The van der Waals surface area contributed by atoms with Crippen molar-refractivity contribution in [3.05, 3.63) is 29.3 Å². The SMILES string of the molecule is Cc1cccc(NC(=O)C2(C(C)C)CCNC2)c1C#N. The Labute approximate surface area is 120 Å². The second-order valence-electron chi connectivity index (χ2n) is 5.80. The van der Waals surface area contributed by atoms with Gasteiger partial charge in [-0.05, 0) is 37.4 Å². The minimum absolute atomic E-state index is 0.0135. The monoisotopic (exact) mass is 271 g/mol. The third-order valence-electron chi connectivity index (χ3n) is 4.38. The summed E-state index contributed by atoms with van der Waals surface area (Å²) in [6.45, 7) is 7.60. The summed E-state index contributed by atoms with van der Waals surface area (Å²) in [6.07, 6.45) is 0.838. The number of rotatable bonds is 3. The number of nitrogens with one attached hydrogen (secondary N) is 2. The predicted molar refractivity (Wildman–Crippen MR) is 79.3 cm³/mol. The van der Waals surface area contributed by atoms with E-state index < -0.39 is 0 Å². The highest BCUT2D eigenvalue weighted by Crippen LogP contribution is 2.35. The Kier molecular flexibility index (Phi) is 4.10. The number of hydrogen-bond donors (Lipinski definition) is 2. The molecule has 2 rings (SSSR count). The first-order chi connectivity index (χ1) is 9.51. The Bertz CT molecular complexity index is 551. The van der Waals surface area contributed by atoms with E-state index >= 15 is 0 Å². The van der Waals surface area contributed by atoms with E-state index in [1.54, 1.807) is 6.07 Å². The van der Waals surface area contributed by atoms with Crippen LogP contribution in [0, 0.1) is 29.6 Å². The minimum atomic E-state index is -0.379. The molecule has 1 aliphatic rings. The lowest BCUT2D eigenvalue weighted by Crippen LogP contribution is -2.42.